The molecule has 0 aromatic heterocycles. The molecule has 1 aromatic carbocycles. The average molecular weight is 283 g/mol. The van der Waals surface area contributed by atoms with E-state index < -0.39 is 12.1 Å². The van der Waals surface area contributed by atoms with Crippen molar-refractivity contribution in [3.8, 4) is 0 Å². The van der Waals surface area contributed by atoms with Crippen molar-refractivity contribution >= 4 is 0 Å². The van der Waals surface area contributed by atoms with E-state index in [0.29, 0.717) is 12.5 Å². The minimum Gasteiger partial charge on any atom is -0.310 e. The molecule has 0 amide bonds. The van der Waals surface area contributed by atoms with Crippen LogP contribution in [0.2, 0.25) is 0 Å². The lowest BCUT2D eigenvalue weighted by atomic mass is 9.75. The molecule has 0 bridgehead atoms. The van der Waals surface area contributed by atoms with Crippen molar-refractivity contribution in [2.45, 2.75) is 50.2 Å². The third-order valence-electron chi connectivity index (χ3n) is 4.78. The third kappa shape index (κ3) is 2.71. The zero-order valence-electron chi connectivity index (χ0n) is 11.4. The summed E-state index contributed by atoms with van der Waals surface area (Å²) in [4.78, 5) is 0. The molecule has 1 aliphatic carbocycles. The summed E-state index contributed by atoms with van der Waals surface area (Å²) in [6.07, 6.45) is -0.105. The van der Waals surface area contributed by atoms with Crippen molar-refractivity contribution in [3.63, 3.8) is 0 Å². The standard InChI is InChI=1S/C16H20F3N/c17-16(18,19)12-8-9-20-15(10-12)14-7-2-1-6-13(14)11-4-3-5-11/h1-2,6-7,11-12,15,20H,3-5,8-10H2. The van der Waals surface area contributed by atoms with Gasteiger partial charge in [0.05, 0.1) is 5.92 Å². The van der Waals surface area contributed by atoms with Gasteiger partial charge in [0, 0.05) is 6.04 Å². The number of alkyl halides is 3. The summed E-state index contributed by atoms with van der Waals surface area (Å²) in [7, 11) is 0. The molecule has 2 unspecified atom stereocenters. The lowest BCUT2D eigenvalue weighted by Gasteiger charge is -2.35. The van der Waals surface area contributed by atoms with Gasteiger partial charge < -0.3 is 5.32 Å². The van der Waals surface area contributed by atoms with E-state index in [1.807, 2.05) is 18.2 Å². The van der Waals surface area contributed by atoms with Gasteiger partial charge in [0.1, 0.15) is 0 Å². The van der Waals surface area contributed by atoms with Gasteiger partial charge >= 0.3 is 6.18 Å². The first-order valence-corrected chi connectivity index (χ1v) is 7.44. The summed E-state index contributed by atoms with van der Waals surface area (Å²) in [6.45, 7) is 0.452. The van der Waals surface area contributed by atoms with Crippen LogP contribution < -0.4 is 5.32 Å². The maximum Gasteiger partial charge on any atom is 0.391 e. The van der Waals surface area contributed by atoms with Gasteiger partial charge in [0.15, 0.2) is 0 Å². The Morgan fingerprint density at radius 3 is 2.30 bits per heavy atom. The third-order valence-corrected chi connectivity index (χ3v) is 4.78. The van der Waals surface area contributed by atoms with Crippen LogP contribution in [0.15, 0.2) is 24.3 Å². The van der Waals surface area contributed by atoms with Gasteiger partial charge in [-0.25, -0.2) is 0 Å². The molecule has 1 heterocycles. The summed E-state index contributed by atoms with van der Waals surface area (Å²) in [5, 5.41) is 3.28. The highest BCUT2D eigenvalue weighted by molar-refractivity contribution is 5.34. The molecule has 1 saturated carbocycles. The normalized spacial score (nSPS) is 28.1. The monoisotopic (exact) mass is 283 g/mol. The zero-order chi connectivity index (χ0) is 14.2. The smallest absolute Gasteiger partial charge is 0.310 e. The molecular weight excluding hydrogens is 263 g/mol. The highest BCUT2D eigenvalue weighted by atomic mass is 19.4. The van der Waals surface area contributed by atoms with Crippen LogP contribution in [0.3, 0.4) is 0 Å². The van der Waals surface area contributed by atoms with Gasteiger partial charge in [-0.05, 0) is 49.3 Å². The highest BCUT2D eigenvalue weighted by Gasteiger charge is 2.42. The van der Waals surface area contributed by atoms with Crippen LogP contribution in [-0.2, 0) is 0 Å². The maximum absolute atomic E-state index is 12.9. The molecule has 110 valence electrons. The van der Waals surface area contributed by atoms with Gasteiger partial charge in [-0.2, -0.15) is 13.2 Å². The summed E-state index contributed by atoms with van der Waals surface area (Å²) in [6, 6.07) is 7.90. The molecule has 3 rings (SSSR count). The van der Waals surface area contributed by atoms with Gasteiger partial charge in [-0.3, -0.25) is 0 Å². The molecule has 0 radical (unpaired) electrons. The molecule has 4 heteroatoms. The second-order valence-corrected chi connectivity index (χ2v) is 6.03. The van der Waals surface area contributed by atoms with E-state index in [-0.39, 0.29) is 18.9 Å². The van der Waals surface area contributed by atoms with E-state index in [9.17, 15) is 13.2 Å². The first-order valence-electron chi connectivity index (χ1n) is 7.44. The van der Waals surface area contributed by atoms with Crippen LogP contribution in [0, 0.1) is 5.92 Å². The highest BCUT2D eigenvalue weighted by Crippen LogP contribution is 2.43. The number of nitrogens with one attached hydrogen (secondary N) is 1. The van der Waals surface area contributed by atoms with Gasteiger partial charge in [-0.1, -0.05) is 30.7 Å². The predicted octanol–water partition coefficient (Wildman–Crippen LogP) is 4.56. The van der Waals surface area contributed by atoms with Crippen LogP contribution in [0.4, 0.5) is 13.2 Å². The Morgan fingerprint density at radius 1 is 1.00 bits per heavy atom. The predicted molar refractivity (Wildman–Crippen MR) is 72.6 cm³/mol. The minimum absolute atomic E-state index is 0.146. The SMILES string of the molecule is FC(F)(F)C1CCNC(c2ccccc2C2CCC2)C1. The van der Waals surface area contributed by atoms with Gasteiger partial charge in [-0.15, -0.1) is 0 Å². The Kier molecular flexibility index (Phi) is 3.76. The van der Waals surface area contributed by atoms with E-state index in [2.05, 4.69) is 11.4 Å². The molecule has 1 N–H and O–H groups in total. The number of benzene rings is 1. The average Bonchev–Trinajstić information content (AvgIpc) is 2.37. The lowest BCUT2D eigenvalue weighted by Crippen LogP contribution is -2.38. The van der Waals surface area contributed by atoms with E-state index in [4.69, 9.17) is 0 Å². The van der Waals surface area contributed by atoms with Crippen molar-refractivity contribution in [2.75, 3.05) is 6.54 Å². The summed E-state index contributed by atoms with van der Waals surface area (Å²) >= 11 is 0. The molecule has 1 saturated heterocycles. The van der Waals surface area contributed by atoms with Crippen LogP contribution in [0.5, 0.6) is 0 Å². The van der Waals surface area contributed by atoms with E-state index in [1.165, 1.54) is 24.8 Å². The molecule has 1 aromatic rings. The molecule has 20 heavy (non-hydrogen) atoms. The lowest BCUT2D eigenvalue weighted by molar-refractivity contribution is -0.183. The van der Waals surface area contributed by atoms with Crippen LogP contribution in [-0.4, -0.2) is 12.7 Å². The van der Waals surface area contributed by atoms with Crippen molar-refractivity contribution in [1.82, 2.24) is 5.32 Å². The molecular formula is C16H20F3N. The zero-order valence-corrected chi connectivity index (χ0v) is 11.4. The van der Waals surface area contributed by atoms with Crippen LogP contribution >= 0.6 is 0 Å². The molecule has 1 aliphatic heterocycles. The summed E-state index contributed by atoms with van der Waals surface area (Å²) in [5.41, 5.74) is 2.35. The van der Waals surface area contributed by atoms with Crippen molar-refractivity contribution in [3.05, 3.63) is 35.4 Å². The molecule has 2 fully saturated rings. The number of hydrogen-bond donors (Lipinski definition) is 1. The largest absolute Gasteiger partial charge is 0.391 e. The first kappa shape index (κ1) is 13.9. The Labute approximate surface area is 117 Å². The fourth-order valence-electron chi connectivity index (χ4n) is 3.37. The number of rotatable bonds is 2. The molecule has 0 spiro atoms. The number of halogens is 3. The Hall–Kier alpha value is -1.03. The topological polar surface area (TPSA) is 12.0 Å². The van der Waals surface area contributed by atoms with E-state index in [1.54, 1.807) is 0 Å². The Balaban J connectivity index is 1.81. The van der Waals surface area contributed by atoms with Crippen molar-refractivity contribution < 1.29 is 13.2 Å². The van der Waals surface area contributed by atoms with Crippen molar-refractivity contribution in [1.29, 1.82) is 0 Å². The fourth-order valence-corrected chi connectivity index (χ4v) is 3.37. The fraction of sp³-hybridized carbons (Fsp3) is 0.625. The van der Waals surface area contributed by atoms with Gasteiger partial charge in [0.2, 0.25) is 0 Å². The van der Waals surface area contributed by atoms with E-state index >= 15 is 0 Å². The second-order valence-electron chi connectivity index (χ2n) is 6.03. The minimum atomic E-state index is -4.06. The summed E-state index contributed by atoms with van der Waals surface area (Å²) in [5.74, 6) is -0.609. The van der Waals surface area contributed by atoms with Gasteiger partial charge in [0.25, 0.3) is 0 Å². The first-order chi connectivity index (χ1) is 9.55. The molecule has 2 atom stereocenters. The Bertz CT molecular complexity index is 465. The number of piperidine rings is 1. The van der Waals surface area contributed by atoms with Crippen LogP contribution in [0.25, 0.3) is 0 Å². The Morgan fingerprint density at radius 2 is 1.70 bits per heavy atom. The molecule has 2 aliphatic rings. The summed E-state index contributed by atoms with van der Waals surface area (Å²) < 4.78 is 38.8. The van der Waals surface area contributed by atoms with Crippen LogP contribution in [0.1, 0.15) is 55.2 Å². The maximum atomic E-state index is 12.9. The molecule has 1 nitrogen and oxygen atoms in total. The second kappa shape index (κ2) is 5.40. The van der Waals surface area contributed by atoms with E-state index in [0.717, 1.165) is 5.56 Å². The van der Waals surface area contributed by atoms with Crippen molar-refractivity contribution in [2.24, 2.45) is 5.92 Å². The number of hydrogen-bond acceptors (Lipinski definition) is 1. The quantitative estimate of drug-likeness (QED) is 0.839.